The number of halogens is 3. The Balaban J connectivity index is 1.29. The number of hydrogen-bond donors (Lipinski definition) is 2. The Bertz CT molecular complexity index is 1200. The van der Waals surface area contributed by atoms with Crippen molar-refractivity contribution in [1.29, 1.82) is 0 Å². The van der Waals surface area contributed by atoms with Crippen LogP contribution in [0.3, 0.4) is 0 Å². The van der Waals surface area contributed by atoms with Crippen LogP contribution >= 0.6 is 0 Å². The maximum Gasteiger partial charge on any atom is 0.573 e. The van der Waals surface area contributed by atoms with Crippen molar-refractivity contribution < 1.29 is 27.4 Å². The second kappa shape index (κ2) is 9.26. The van der Waals surface area contributed by atoms with Gasteiger partial charge in [0.1, 0.15) is 11.5 Å². The molecule has 0 fully saturated rings. The van der Waals surface area contributed by atoms with Crippen LogP contribution < -0.4 is 20.1 Å². The Kier molecular flexibility index (Phi) is 6.06. The zero-order chi connectivity index (χ0) is 23.3. The third kappa shape index (κ3) is 6.19. The number of amides is 2. The number of nitrogens with zero attached hydrogens (tertiary/aromatic N) is 4. The molecule has 2 amide bonds. The van der Waals surface area contributed by atoms with Crippen molar-refractivity contribution in [3.8, 4) is 23.2 Å². The fourth-order valence-electron chi connectivity index (χ4n) is 2.65. The first kappa shape index (κ1) is 21.6. The molecule has 168 valence electrons. The fourth-order valence-corrected chi connectivity index (χ4v) is 2.65. The number of nitrogens with one attached hydrogen (secondary N) is 2. The molecule has 0 saturated heterocycles. The molecule has 0 radical (unpaired) electrons. The fraction of sp³-hybridized carbons (Fsp3) is 0.0476. The third-order valence-corrected chi connectivity index (χ3v) is 4.05. The second-order valence-corrected chi connectivity index (χ2v) is 6.46. The van der Waals surface area contributed by atoms with Gasteiger partial charge in [0.15, 0.2) is 5.82 Å². The van der Waals surface area contributed by atoms with Crippen LogP contribution in [-0.4, -0.2) is 32.4 Å². The molecule has 2 aromatic heterocycles. The molecule has 9 nitrogen and oxygen atoms in total. The van der Waals surface area contributed by atoms with Gasteiger partial charge >= 0.3 is 12.4 Å². The van der Waals surface area contributed by atoms with Gasteiger partial charge in [0.2, 0.25) is 5.88 Å². The zero-order valence-corrected chi connectivity index (χ0v) is 16.7. The summed E-state index contributed by atoms with van der Waals surface area (Å²) in [6.45, 7) is 0. The molecular weight excluding hydrogens is 441 g/mol. The van der Waals surface area contributed by atoms with E-state index in [4.69, 9.17) is 4.74 Å². The Morgan fingerprint density at radius 2 is 1.48 bits per heavy atom. The average Bonchev–Trinajstić information content (AvgIpc) is 3.31. The van der Waals surface area contributed by atoms with Crippen LogP contribution in [0.4, 0.5) is 29.3 Å². The summed E-state index contributed by atoms with van der Waals surface area (Å²) in [5.74, 6) is 0.912. The van der Waals surface area contributed by atoms with Crippen LogP contribution in [0.15, 0.2) is 79.1 Å². The number of rotatable bonds is 6. The molecule has 0 atom stereocenters. The minimum absolute atomic E-state index is 0.280. The molecule has 4 rings (SSSR count). The smallest absolute Gasteiger partial charge is 0.438 e. The SMILES string of the molecule is O=C(Nc1ccc(Oc2ccc(-n3cccn3)nn2)cc1)Nc1ccc(OC(F)(F)F)cc1. The predicted molar refractivity (Wildman–Crippen MR) is 111 cm³/mol. The summed E-state index contributed by atoms with van der Waals surface area (Å²) in [5.41, 5.74) is 0.760. The number of carbonyl (C=O) groups excluding carboxylic acids is 1. The number of hydrogen-bond acceptors (Lipinski definition) is 6. The van der Waals surface area contributed by atoms with E-state index in [2.05, 4.69) is 30.7 Å². The van der Waals surface area contributed by atoms with Crippen LogP contribution in [-0.2, 0) is 0 Å². The van der Waals surface area contributed by atoms with Gasteiger partial charge in [-0.3, -0.25) is 0 Å². The Morgan fingerprint density at radius 1 is 0.848 bits per heavy atom. The van der Waals surface area contributed by atoms with Gasteiger partial charge in [-0.1, -0.05) is 0 Å². The summed E-state index contributed by atoms with van der Waals surface area (Å²) in [4.78, 5) is 12.1. The monoisotopic (exact) mass is 456 g/mol. The van der Waals surface area contributed by atoms with Crippen molar-refractivity contribution in [2.75, 3.05) is 10.6 Å². The van der Waals surface area contributed by atoms with Crippen molar-refractivity contribution in [2.24, 2.45) is 0 Å². The molecule has 0 aliphatic rings. The van der Waals surface area contributed by atoms with E-state index in [0.717, 1.165) is 12.1 Å². The zero-order valence-electron chi connectivity index (χ0n) is 16.7. The molecule has 0 aliphatic heterocycles. The highest BCUT2D eigenvalue weighted by atomic mass is 19.4. The lowest BCUT2D eigenvalue weighted by molar-refractivity contribution is -0.274. The molecular formula is C21H15F3N6O3. The van der Waals surface area contributed by atoms with Gasteiger partial charge in [-0.25, -0.2) is 9.48 Å². The van der Waals surface area contributed by atoms with Crippen LogP contribution in [0.1, 0.15) is 0 Å². The van der Waals surface area contributed by atoms with Gasteiger partial charge in [-0.2, -0.15) is 5.10 Å². The first-order chi connectivity index (χ1) is 15.8. The van der Waals surface area contributed by atoms with Crippen molar-refractivity contribution in [3.05, 3.63) is 79.1 Å². The summed E-state index contributed by atoms with van der Waals surface area (Å²) in [5, 5.41) is 17.2. The molecule has 2 aromatic carbocycles. The molecule has 12 heteroatoms. The summed E-state index contributed by atoms with van der Waals surface area (Å²) < 4.78 is 47.6. The number of alkyl halides is 3. The molecule has 0 unspecified atom stereocenters. The summed E-state index contributed by atoms with van der Waals surface area (Å²) in [6.07, 6.45) is -1.41. The van der Waals surface area contributed by atoms with Gasteiger partial charge in [0.05, 0.1) is 0 Å². The molecule has 4 aromatic rings. The minimum atomic E-state index is -4.78. The van der Waals surface area contributed by atoms with E-state index in [1.807, 2.05) is 0 Å². The molecule has 0 aliphatic carbocycles. The molecule has 0 bridgehead atoms. The summed E-state index contributed by atoms with van der Waals surface area (Å²) in [6, 6.07) is 15.8. The van der Waals surface area contributed by atoms with Crippen LogP contribution in [0.25, 0.3) is 5.82 Å². The van der Waals surface area contributed by atoms with Crippen LogP contribution in [0.2, 0.25) is 0 Å². The third-order valence-electron chi connectivity index (χ3n) is 4.05. The van der Waals surface area contributed by atoms with Crippen molar-refractivity contribution in [2.45, 2.75) is 6.36 Å². The normalized spacial score (nSPS) is 11.0. The molecule has 0 spiro atoms. The Morgan fingerprint density at radius 3 is 2.00 bits per heavy atom. The van der Waals surface area contributed by atoms with Gasteiger partial charge in [-0.05, 0) is 60.7 Å². The largest absolute Gasteiger partial charge is 0.573 e. The number of benzene rings is 2. The molecule has 0 saturated carbocycles. The number of ether oxygens (including phenoxy) is 2. The summed E-state index contributed by atoms with van der Waals surface area (Å²) in [7, 11) is 0. The van der Waals surface area contributed by atoms with Crippen molar-refractivity contribution in [3.63, 3.8) is 0 Å². The number of urea groups is 1. The average molecular weight is 456 g/mol. The van der Waals surface area contributed by atoms with Crippen LogP contribution in [0, 0.1) is 0 Å². The van der Waals surface area contributed by atoms with Gasteiger partial charge < -0.3 is 20.1 Å². The van der Waals surface area contributed by atoms with Crippen molar-refractivity contribution >= 4 is 17.4 Å². The van der Waals surface area contributed by atoms with Crippen molar-refractivity contribution in [1.82, 2.24) is 20.0 Å². The Labute approximate surface area is 184 Å². The first-order valence-corrected chi connectivity index (χ1v) is 9.39. The molecule has 33 heavy (non-hydrogen) atoms. The summed E-state index contributed by atoms with van der Waals surface area (Å²) >= 11 is 0. The van der Waals surface area contributed by atoms with E-state index in [1.165, 1.54) is 12.1 Å². The van der Waals surface area contributed by atoms with Gasteiger partial charge in [0.25, 0.3) is 0 Å². The van der Waals surface area contributed by atoms with E-state index in [0.29, 0.717) is 22.9 Å². The highest BCUT2D eigenvalue weighted by molar-refractivity contribution is 5.99. The van der Waals surface area contributed by atoms with E-state index in [9.17, 15) is 18.0 Å². The molecule has 2 N–H and O–H groups in total. The predicted octanol–water partition coefficient (Wildman–Crippen LogP) is 5.00. The lowest BCUT2D eigenvalue weighted by atomic mass is 10.3. The Hall–Kier alpha value is -4.61. The van der Waals surface area contributed by atoms with Gasteiger partial charge in [0, 0.05) is 29.8 Å². The lowest BCUT2D eigenvalue weighted by Crippen LogP contribution is -2.19. The lowest BCUT2D eigenvalue weighted by Gasteiger charge is -2.11. The van der Waals surface area contributed by atoms with E-state index < -0.39 is 12.4 Å². The highest BCUT2D eigenvalue weighted by Crippen LogP contribution is 2.24. The topological polar surface area (TPSA) is 103 Å². The van der Waals surface area contributed by atoms with E-state index >= 15 is 0 Å². The first-order valence-electron chi connectivity index (χ1n) is 9.39. The number of anilines is 2. The molecule has 2 heterocycles. The maximum absolute atomic E-state index is 12.2. The van der Waals surface area contributed by atoms with E-state index in [-0.39, 0.29) is 11.6 Å². The second-order valence-electron chi connectivity index (χ2n) is 6.46. The minimum Gasteiger partial charge on any atom is -0.438 e. The van der Waals surface area contributed by atoms with Gasteiger partial charge in [-0.15, -0.1) is 23.4 Å². The number of carbonyl (C=O) groups is 1. The highest BCUT2D eigenvalue weighted by Gasteiger charge is 2.30. The van der Waals surface area contributed by atoms with Crippen LogP contribution in [0.5, 0.6) is 17.4 Å². The quantitative estimate of drug-likeness (QED) is 0.423. The number of aromatic nitrogens is 4. The standard InChI is InChI=1S/C21H15F3N6O3/c22-21(23,24)33-17-8-4-15(5-9-17)27-20(31)26-14-2-6-16(7-3-14)32-19-11-10-18(28-29-19)30-13-1-12-25-30/h1-13H,(H2,26,27,31). The maximum atomic E-state index is 12.2. The van der Waals surface area contributed by atoms with E-state index in [1.54, 1.807) is 59.5 Å².